The van der Waals surface area contributed by atoms with Crippen LogP contribution >= 0.6 is 0 Å². The number of amides is 1. The molecule has 6 heteroatoms. The Balaban J connectivity index is 1.30. The highest BCUT2D eigenvalue weighted by Gasteiger charge is 2.14. The second-order valence-electron chi connectivity index (χ2n) is 6.98. The third-order valence-corrected chi connectivity index (χ3v) is 4.93. The Morgan fingerprint density at radius 1 is 1.04 bits per heavy atom. The first-order chi connectivity index (χ1) is 13.7. The Morgan fingerprint density at radius 3 is 2.39 bits per heavy atom. The number of hydrogen-bond acceptors (Lipinski definition) is 4. The molecule has 0 bridgehead atoms. The summed E-state index contributed by atoms with van der Waals surface area (Å²) in [6.45, 7) is 2.88. The van der Waals surface area contributed by atoms with Crippen molar-refractivity contribution in [3.8, 4) is 5.75 Å². The van der Waals surface area contributed by atoms with E-state index in [9.17, 15) is 4.79 Å². The van der Waals surface area contributed by atoms with E-state index in [1.165, 1.54) is 12.1 Å². The summed E-state index contributed by atoms with van der Waals surface area (Å²) in [5, 5.41) is 7.31. The van der Waals surface area contributed by atoms with Crippen LogP contribution in [0.4, 0.5) is 11.5 Å². The fourth-order valence-corrected chi connectivity index (χ4v) is 3.21. The molecule has 28 heavy (non-hydrogen) atoms. The summed E-state index contributed by atoms with van der Waals surface area (Å²) in [5.74, 6) is 1.33. The van der Waals surface area contributed by atoms with Crippen molar-refractivity contribution in [1.29, 1.82) is 0 Å². The van der Waals surface area contributed by atoms with Gasteiger partial charge in [0.15, 0.2) is 5.82 Å². The van der Waals surface area contributed by atoms with Crippen molar-refractivity contribution >= 4 is 17.4 Å². The summed E-state index contributed by atoms with van der Waals surface area (Å²) in [7, 11) is 1.65. The average molecular weight is 376 g/mol. The summed E-state index contributed by atoms with van der Waals surface area (Å²) in [4.78, 5) is 14.7. The summed E-state index contributed by atoms with van der Waals surface area (Å²) < 4.78 is 6.98. The van der Waals surface area contributed by atoms with Gasteiger partial charge in [0, 0.05) is 31.0 Å². The highest BCUT2D eigenvalue weighted by atomic mass is 16.5. The van der Waals surface area contributed by atoms with Crippen LogP contribution in [0.3, 0.4) is 0 Å². The van der Waals surface area contributed by atoms with Crippen LogP contribution in [-0.2, 0) is 17.8 Å². The quantitative estimate of drug-likeness (QED) is 0.687. The topological polar surface area (TPSA) is 59.4 Å². The van der Waals surface area contributed by atoms with Crippen LogP contribution in [0.5, 0.6) is 5.75 Å². The maximum Gasteiger partial charge on any atom is 0.229 e. The van der Waals surface area contributed by atoms with Crippen LogP contribution in [0.2, 0.25) is 0 Å². The Labute approximate surface area is 164 Å². The van der Waals surface area contributed by atoms with E-state index in [1.54, 1.807) is 11.8 Å². The van der Waals surface area contributed by atoms with E-state index in [2.05, 4.69) is 27.4 Å². The third kappa shape index (κ3) is 4.34. The highest BCUT2D eigenvalue weighted by Crippen LogP contribution is 2.21. The lowest BCUT2D eigenvalue weighted by Gasteiger charge is -2.33. The molecular weight excluding hydrogens is 352 g/mol. The average Bonchev–Trinajstić information content (AvgIpc) is 3.09. The molecule has 2 heterocycles. The van der Waals surface area contributed by atoms with Gasteiger partial charge in [-0.05, 0) is 41.8 Å². The fourth-order valence-electron chi connectivity index (χ4n) is 3.21. The first kappa shape index (κ1) is 18.1. The molecule has 0 aliphatic carbocycles. The van der Waals surface area contributed by atoms with Crippen molar-refractivity contribution in [3.05, 3.63) is 71.9 Å². The van der Waals surface area contributed by atoms with Crippen molar-refractivity contribution in [2.45, 2.75) is 19.4 Å². The van der Waals surface area contributed by atoms with Gasteiger partial charge in [-0.25, -0.2) is 0 Å². The van der Waals surface area contributed by atoms with Crippen LogP contribution in [0.15, 0.2) is 60.8 Å². The number of nitrogens with one attached hydrogen (secondary N) is 1. The second kappa shape index (κ2) is 8.17. The van der Waals surface area contributed by atoms with Gasteiger partial charge < -0.3 is 15.0 Å². The molecule has 1 N–H and O–H groups in total. The zero-order valence-electron chi connectivity index (χ0n) is 16.0. The van der Waals surface area contributed by atoms with Gasteiger partial charge in [-0.1, -0.05) is 24.3 Å². The summed E-state index contributed by atoms with van der Waals surface area (Å²) >= 11 is 0. The van der Waals surface area contributed by atoms with Crippen molar-refractivity contribution in [1.82, 2.24) is 9.78 Å². The normalized spacial score (nSPS) is 13.1. The minimum Gasteiger partial charge on any atom is -0.497 e. The molecule has 4 rings (SSSR count). The van der Waals surface area contributed by atoms with Gasteiger partial charge in [0.25, 0.3) is 0 Å². The predicted octanol–water partition coefficient (Wildman–Crippen LogP) is 3.33. The van der Waals surface area contributed by atoms with Crippen molar-refractivity contribution in [3.63, 3.8) is 0 Å². The van der Waals surface area contributed by atoms with Gasteiger partial charge in [-0.15, -0.1) is 0 Å². The number of rotatable bonds is 7. The molecule has 0 spiro atoms. The van der Waals surface area contributed by atoms with Gasteiger partial charge in [0.2, 0.25) is 5.91 Å². The lowest BCUT2D eigenvalue weighted by atomic mass is 10.1. The highest BCUT2D eigenvalue weighted by molar-refractivity contribution is 5.91. The third-order valence-electron chi connectivity index (χ3n) is 4.93. The summed E-state index contributed by atoms with van der Waals surface area (Å²) in [6, 6.07) is 17.9. The van der Waals surface area contributed by atoms with E-state index in [0.717, 1.165) is 30.0 Å². The van der Waals surface area contributed by atoms with Crippen molar-refractivity contribution < 1.29 is 9.53 Å². The molecule has 1 aromatic heterocycles. The summed E-state index contributed by atoms with van der Waals surface area (Å²) in [5.41, 5.74) is 3.34. The first-order valence-corrected chi connectivity index (χ1v) is 9.50. The van der Waals surface area contributed by atoms with Gasteiger partial charge in [0.1, 0.15) is 5.75 Å². The van der Waals surface area contributed by atoms with Gasteiger partial charge in [-0.2, -0.15) is 5.10 Å². The number of aromatic nitrogens is 2. The van der Waals surface area contributed by atoms with E-state index < -0.39 is 0 Å². The van der Waals surface area contributed by atoms with Crippen molar-refractivity contribution in [2.24, 2.45) is 0 Å². The summed E-state index contributed by atoms with van der Waals surface area (Å²) in [6.07, 6.45) is 3.46. The first-order valence-electron chi connectivity index (χ1n) is 9.50. The lowest BCUT2D eigenvalue weighted by Crippen LogP contribution is -2.36. The molecular formula is C22H24N4O2. The number of carbonyl (C=O) groups is 1. The van der Waals surface area contributed by atoms with Crippen LogP contribution in [0, 0.1) is 0 Å². The van der Waals surface area contributed by atoms with Crippen LogP contribution in [0.25, 0.3) is 0 Å². The molecule has 6 nitrogen and oxygen atoms in total. The van der Waals surface area contributed by atoms with Crippen LogP contribution in [0.1, 0.15) is 17.5 Å². The van der Waals surface area contributed by atoms with Gasteiger partial charge in [0.05, 0.1) is 20.1 Å². The molecule has 1 aliphatic rings. The zero-order valence-corrected chi connectivity index (χ0v) is 16.0. The number of ether oxygens (including phenoxy) is 1. The number of hydrogen-bond donors (Lipinski definition) is 1. The molecule has 3 aromatic rings. The SMILES string of the molecule is COc1ccc(Cn2ccc(NC(=O)Cc3ccc(N4CCC4)cc3)n2)cc1. The number of nitrogens with zero attached hydrogens (tertiary/aromatic N) is 3. The smallest absolute Gasteiger partial charge is 0.229 e. The molecule has 0 saturated carbocycles. The van der Waals surface area contributed by atoms with Gasteiger partial charge in [-0.3, -0.25) is 9.48 Å². The second-order valence-corrected chi connectivity index (χ2v) is 6.98. The Kier molecular flexibility index (Phi) is 5.28. The minimum atomic E-state index is -0.0635. The van der Waals surface area contributed by atoms with Crippen molar-refractivity contribution in [2.75, 3.05) is 30.4 Å². The van der Waals surface area contributed by atoms with Crippen LogP contribution < -0.4 is 15.0 Å². The van der Waals surface area contributed by atoms with E-state index >= 15 is 0 Å². The Bertz CT molecular complexity index is 928. The fraction of sp³-hybridized carbons (Fsp3) is 0.273. The predicted molar refractivity (Wildman–Crippen MR) is 110 cm³/mol. The van der Waals surface area contributed by atoms with E-state index in [-0.39, 0.29) is 5.91 Å². The van der Waals surface area contributed by atoms with Gasteiger partial charge >= 0.3 is 0 Å². The molecule has 0 atom stereocenters. The van der Waals surface area contributed by atoms with E-state index in [4.69, 9.17) is 4.74 Å². The maximum atomic E-state index is 12.3. The zero-order chi connectivity index (χ0) is 19.3. The molecule has 1 fully saturated rings. The Hall–Kier alpha value is -3.28. The largest absolute Gasteiger partial charge is 0.497 e. The van der Waals surface area contributed by atoms with Crippen LogP contribution in [-0.4, -0.2) is 35.9 Å². The molecule has 144 valence electrons. The number of benzene rings is 2. The lowest BCUT2D eigenvalue weighted by molar-refractivity contribution is -0.115. The molecule has 1 aliphatic heterocycles. The van der Waals surface area contributed by atoms with E-state index in [1.807, 2.05) is 48.7 Å². The number of methoxy groups -OCH3 is 1. The maximum absolute atomic E-state index is 12.3. The number of carbonyl (C=O) groups excluding carboxylic acids is 1. The standard InChI is InChI=1S/C22H24N4O2/c1-28-20-9-5-18(6-10-20)16-26-14-11-21(24-26)23-22(27)15-17-3-7-19(8-4-17)25-12-2-13-25/h3-11,14H,2,12-13,15-16H2,1H3,(H,23,24,27). The Morgan fingerprint density at radius 2 is 1.75 bits per heavy atom. The molecule has 2 aromatic carbocycles. The number of anilines is 2. The minimum absolute atomic E-state index is 0.0635. The van der Waals surface area contributed by atoms with E-state index in [0.29, 0.717) is 18.8 Å². The molecule has 0 unspecified atom stereocenters. The monoisotopic (exact) mass is 376 g/mol. The molecule has 1 saturated heterocycles. The molecule has 1 amide bonds. The molecule has 0 radical (unpaired) electrons.